The Kier molecular flexibility index (Phi) is 14.0. The van der Waals surface area contributed by atoms with Gasteiger partial charge in [-0.05, 0) is 0 Å². The van der Waals surface area contributed by atoms with E-state index in [1.165, 1.54) is 6.42 Å². The summed E-state index contributed by atoms with van der Waals surface area (Å²) in [5.74, 6) is 5.31. The van der Waals surface area contributed by atoms with Gasteiger partial charge in [0.1, 0.15) is 0 Å². The van der Waals surface area contributed by atoms with E-state index in [0.29, 0.717) is 0 Å². The van der Waals surface area contributed by atoms with Crippen molar-refractivity contribution in [1.82, 2.24) is 5.01 Å². The number of hydrogen-bond donors (Lipinski definition) is 1. The fraction of sp³-hybridized carbons (Fsp3) is 1.00. The molecule has 0 aliphatic heterocycles. The minimum absolute atomic E-state index is 0.941. The lowest BCUT2D eigenvalue weighted by Gasteiger charge is -2.07. The summed E-state index contributed by atoms with van der Waals surface area (Å²) >= 11 is 0. The minimum atomic E-state index is 0.941. The molecule has 0 spiro atoms. The summed E-state index contributed by atoms with van der Waals surface area (Å²) in [6.45, 7) is 10.2. The molecule has 0 radical (unpaired) electrons. The van der Waals surface area contributed by atoms with Gasteiger partial charge in [-0.2, -0.15) is 0 Å². The highest BCUT2D eigenvalue weighted by Crippen LogP contribution is 1.68. The van der Waals surface area contributed by atoms with Crippen LogP contribution in [0.3, 0.4) is 0 Å². The van der Waals surface area contributed by atoms with E-state index in [-0.39, 0.29) is 0 Å². The van der Waals surface area contributed by atoms with E-state index in [1.54, 1.807) is 5.01 Å². The summed E-state index contributed by atoms with van der Waals surface area (Å²) in [6, 6.07) is 0. The third-order valence-electron chi connectivity index (χ3n) is 0.812. The van der Waals surface area contributed by atoms with Gasteiger partial charge < -0.3 is 0 Å². The summed E-state index contributed by atoms with van der Waals surface area (Å²) < 4.78 is 0. The highest BCUT2D eigenvalue weighted by molar-refractivity contribution is 4.32. The molecule has 9 heavy (non-hydrogen) atoms. The van der Waals surface area contributed by atoms with Crippen LogP contribution in [0.1, 0.15) is 34.1 Å². The highest BCUT2D eigenvalue weighted by atomic mass is 15.4. The predicted octanol–water partition coefficient (Wildman–Crippen LogP) is 1.62. The van der Waals surface area contributed by atoms with Crippen LogP contribution >= 0.6 is 0 Å². The molecule has 0 fully saturated rings. The molecular formula is C7H20N2. The van der Waals surface area contributed by atoms with Crippen molar-refractivity contribution in [2.45, 2.75) is 34.1 Å². The Morgan fingerprint density at radius 2 is 1.22 bits per heavy atom. The summed E-state index contributed by atoms with van der Waals surface area (Å²) in [7, 11) is 0. The predicted molar refractivity (Wildman–Crippen MR) is 43.1 cm³/mol. The third-order valence-corrected chi connectivity index (χ3v) is 0.812. The Morgan fingerprint density at radius 3 is 1.22 bits per heavy atom. The molecule has 0 aromatic rings. The monoisotopic (exact) mass is 132 g/mol. The van der Waals surface area contributed by atoms with Crippen molar-refractivity contribution in [2.24, 2.45) is 5.84 Å². The zero-order chi connectivity index (χ0) is 7.70. The summed E-state index contributed by atoms with van der Waals surface area (Å²) in [4.78, 5) is 0. The number of rotatable bonds is 2. The van der Waals surface area contributed by atoms with Gasteiger partial charge in [0.2, 0.25) is 0 Å². The van der Waals surface area contributed by atoms with Gasteiger partial charge in [-0.1, -0.05) is 34.1 Å². The molecule has 0 bridgehead atoms. The van der Waals surface area contributed by atoms with Crippen LogP contribution in [0.25, 0.3) is 0 Å². The van der Waals surface area contributed by atoms with Gasteiger partial charge in [0.15, 0.2) is 0 Å². The second-order valence-corrected chi connectivity index (χ2v) is 1.93. The maximum absolute atomic E-state index is 5.31. The molecule has 0 heterocycles. The van der Waals surface area contributed by atoms with E-state index in [9.17, 15) is 0 Å². The minimum Gasteiger partial charge on any atom is -0.269 e. The molecule has 58 valence electrons. The molecular weight excluding hydrogens is 112 g/mol. The van der Waals surface area contributed by atoms with E-state index >= 15 is 0 Å². The molecule has 0 saturated heterocycles. The molecule has 0 amide bonds. The zero-order valence-corrected chi connectivity index (χ0v) is 7.15. The quantitative estimate of drug-likeness (QED) is 0.457. The van der Waals surface area contributed by atoms with Crippen molar-refractivity contribution < 1.29 is 0 Å². The SMILES string of the molecule is CCC.CCN(N)CC. The van der Waals surface area contributed by atoms with Crippen LogP contribution in [0.2, 0.25) is 0 Å². The first-order valence-electron chi connectivity index (χ1n) is 3.72. The molecule has 0 saturated carbocycles. The standard InChI is InChI=1S/C4H12N2.C3H8/c1-3-6(5)4-2;1-3-2/h3-5H2,1-2H3;3H2,1-2H3. The first kappa shape index (κ1) is 11.7. The van der Waals surface area contributed by atoms with E-state index in [0.717, 1.165) is 13.1 Å². The van der Waals surface area contributed by atoms with Gasteiger partial charge in [0.05, 0.1) is 0 Å². The first-order chi connectivity index (χ1) is 4.22. The smallest absolute Gasteiger partial charge is 0.00996 e. The van der Waals surface area contributed by atoms with Gasteiger partial charge in [-0.25, -0.2) is 5.01 Å². The molecule has 2 nitrogen and oxygen atoms in total. The fourth-order valence-electron chi connectivity index (χ4n) is 0.224. The van der Waals surface area contributed by atoms with Crippen LogP contribution in [-0.2, 0) is 0 Å². The fourth-order valence-corrected chi connectivity index (χ4v) is 0.224. The lowest BCUT2D eigenvalue weighted by molar-refractivity contribution is 0.316. The number of hydrazine groups is 1. The molecule has 0 rings (SSSR count). The van der Waals surface area contributed by atoms with Crippen LogP contribution in [-0.4, -0.2) is 18.1 Å². The number of nitrogens with two attached hydrogens (primary N) is 1. The molecule has 0 aliphatic rings. The van der Waals surface area contributed by atoms with E-state index < -0.39 is 0 Å². The zero-order valence-electron chi connectivity index (χ0n) is 7.15. The summed E-state index contributed by atoms with van der Waals surface area (Å²) in [5, 5.41) is 1.75. The molecule has 0 atom stereocenters. The third kappa shape index (κ3) is 18.1. The van der Waals surface area contributed by atoms with Crippen LogP contribution in [0, 0.1) is 0 Å². The summed E-state index contributed by atoms with van der Waals surface area (Å²) in [5.41, 5.74) is 0. The second kappa shape index (κ2) is 10.8. The van der Waals surface area contributed by atoms with Gasteiger partial charge in [-0.3, -0.25) is 5.84 Å². The van der Waals surface area contributed by atoms with Crippen LogP contribution in [0.4, 0.5) is 0 Å². The molecule has 2 heteroatoms. The van der Waals surface area contributed by atoms with Gasteiger partial charge in [0, 0.05) is 13.1 Å². The Bertz CT molecular complexity index is 33.9. The maximum atomic E-state index is 5.31. The van der Waals surface area contributed by atoms with Crippen molar-refractivity contribution >= 4 is 0 Å². The van der Waals surface area contributed by atoms with Gasteiger partial charge in [0.25, 0.3) is 0 Å². The Labute approximate surface area is 59.0 Å². The molecule has 0 aromatic heterocycles. The first-order valence-corrected chi connectivity index (χ1v) is 3.72. The molecule has 0 unspecified atom stereocenters. The Balaban J connectivity index is 0. The van der Waals surface area contributed by atoms with Crippen LogP contribution < -0.4 is 5.84 Å². The van der Waals surface area contributed by atoms with E-state index in [1.807, 2.05) is 13.8 Å². The normalized spacial score (nSPS) is 8.67. The number of hydrogen-bond acceptors (Lipinski definition) is 2. The van der Waals surface area contributed by atoms with Crippen LogP contribution in [0.5, 0.6) is 0 Å². The molecule has 0 aliphatic carbocycles. The summed E-state index contributed by atoms with van der Waals surface area (Å²) in [6.07, 6.45) is 1.25. The van der Waals surface area contributed by atoms with Crippen molar-refractivity contribution in [3.63, 3.8) is 0 Å². The van der Waals surface area contributed by atoms with Crippen molar-refractivity contribution in [1.29, 1.82) is 0 Å². The lowest BCUT2D eigenvalue weighted by Crippen LogP contribution is -2.29. The van der Waals surface area contributed by atoms with E-state index in [4.69, 9.17) is 5.84 Å². The highest BCUT2D eigenvalue weighted by Gasteiger charge is 1.82. The Hall–Kier alpha value is -0.0800. The van der Waals surface area contributed by atoms with Crippen molar-refractivity contribution in [3.8, 4) is 0 Å². The lowest BCUT2D eigenvalue weighted by atomic mass is 10.6. The van der Waals surface area contributed by atoms with Gasteiger partial charge >= 0.3 is 0 Å². The van der Waals surface area contributed by atoms with Crippen molar-refractivity contribution in [3.05, 3.63) is 0 Å². The molecule has 2 N–H and O–H groups in total. The number of nitrogens with zero attached hydrogens (tertiary/aromatic N) is 1. The van der Waals surface area contributed by atoms with Gasteiger partial charge in [-0.15, -0.1) is 0 Å². The largest absolute Gasteiger partial charge is 0.269 e. The topological polar surface area (TPSA) is 29.3 Å². The average Bonchev–Trinajstić information content (AvgIpc) is 1.88. The maximum Gasteiger partial charge on any atom is 0.00996 e. The van der Waals surface area contributed by atoms with E-state index in [2.05, 4.69) is 13.8 Å². The average molecular weight is 132 g/mol. The Morgan fingerprint density at radius 1 is 1.00 bits per heavy atom. The second-order valence-electron chi connectivity index (χ2n) is 1.93. The molecule has 0 aromatic carbocycles. The van der Waals surface area contributed by atoms with Crippen molar-refractivity contribution in [2.75, 3.05) is 13.1 Å². The van der Waals surface area contributed by atoms with Crippen LogP contribution in [0.15, 0.2) is 0 Å².